The van der Waals surface area contributed by atoms with Crippen LogP contribution in [0.15, 0.2) is 18.2 Å². The summed E-state index contributed by atoms with van der Waals surface area (Å²) in [6.45, 7) is 0.302. The number of hydrogen-bond acceptors (Lipinski definition) is 1. The molecule has 14 heavy (non-hydrogen) atoms. The second-order valence-corrected chi connectivity index (χ2v) is 4.44. The Hall–Kier alpha value is -0.300. The molecule has 76 valence electrons. The third kappa shape index (κ3) is 1.75. The first-order chi connectivity index (χ1) is 6.48. The number of rotatable bonds is 0. The van der Waals surface area contributed by atoms with E-state index in [1.54, 1.807) is 12.1 Å². The molecule has 1 heterocycles. The molecule has 1 atom stereocenters. The monoisotopic (exact) mass is 313 g/mol. The largest absolute Gasteiger partial charge is 0.407 e. The van der Waals surface area contributed by atoms with Gasteiger partial charge in [0.25, 0.3) is 0 Å². The van der Waals surface area contributed by atoms with Crippen LogP contribution in [0.2, 0.25) is 0 Å². The lowest BCUT2D eigenvalue weighted by atomic mass is 10.1. The van der Waals surface area contributed by atoms with E-state index in [1.807, 2.05) is 28.7 Å². The summed E-state index contributed by atoms with van der Waals surface area (Å²) < 4.78 is 38.4. The van der Waals surface area contributed by atoms with Crippen LogP contribution in [0.5, 0.6) is 0 Å². The van der Waals surface area contributed by atoms with Crippen LogP contribution in [0.3, 0.4) is 0 Å². The van der Waals surface area contributed by atoms with Crippen LogP contribution in [-0.2, 0) is 6.54 Å². The van der Waals surface area contributed by atoms with Crippen molar-refractivity contribution in [2.75, 3.05) is 0 Å². The first-order valence-electron chi connectivity index (χ1n) is 4.07. The average molecular weight is 313 g/mol. The molecule has 1 aromatic rings. The molecular formula is C9H7F3IN. The minimum atomic E-state index is -4.20. The Balaban J connectivity index is 2.43. The lowest BCUT2D eigenvalue weighted by Gasteiger charge is -2.15. The van der Waals surface area contributed by atoms with Crippen molar-refractivity contribution in [1.29, 1.82) is 0 Å². The minimum Gasteiger partial charge on any atom is -0.298 e. The lowest BCUT2D eigenvalue weighted by Crippen LogP contribution is -2.28. The van der Waals surface area contributed by atoms with Gasteiger partial charge in [0.1, 0.15) is 6.04 Å². The van der Waals surface area contributed by atoms with Gasteiger partial charge in [0, 0.05) is 10.1 Å². The average Bonchev–Trinajstić information content (AvgIpc) is 2.45. The van der Waals surface area contributed by atoms with Crippen LogP contribution in [0, 0.1) is 3.57 Å². The normalized spacial score (nSPS) is 21.0. The number of nitrogens with one attached hydrogen (secondary N) is 1. The molecule has 0 fully saturated rings. The number of alkyl halides is 3. The highest BCUT2D eigenvalue weighted by Gasteiger charge is 2.44. The van der Waals surface area contributed by atoms with Crippen LogP contribution in [0.4, 0.5) is 13.2 Å². The van der Waals surface area contributed by atoms with Gasteiger partial charge in [0.05, 0.1) is 0 Å². The molecule has 0 aromatic heterocycles. The fourth-order valence-electron chi connectivity index (χ4n) is 1.61. The maximum absolute atomic E-state index is 12.5. The standard InChI is InChI=1S/C9H7F3IN/c10-9(11,12)8-7-3-6(13)2-1-5(7)4-14-8/h1-3,8,14H,4H2/t8-/m0/s1. The highest BCUT2D eigenvalue weighted by atomic mass is 127. The molecular weight excluding hydrogens is 306 g/mol. The summed E-state index contributed by atoms with van der Waals surface area (Å²) in [4.78, 5) is 0. The predicted octanol–water partition coefficient (Wildman–Crippen LogP) is 3.00. The molecule has 1 aromatic carbocycles. The molecule has 2 rings (SSSR count). The maximum Gasteiger partial charge on any atom is 0.407 e. The summed E-state index contributed by atoms with van der Waals surface area (Å²) in [5.74, 6) is 0. The molecule has 0 amide bonds. The van der Waals surface area contributed by atoms with E-state index >= 15 is 0 Å². The van der Waals surface area contributed by atoms with E-state index in [-0.39, 0.29) is 0 Å². The van der Waals surface area contributed by atoms with E-state index in [0.29, 0.717) is 12.1 Å². The topological polar surface area (TPSA) is 12.0 Å². The van der Waals surface area contributed by atoms with Gasteiger partial charge in [-0.15, -0.1) is 0 Å². The smallest absolute Gasteiger partial charge is 0.298 e. The summed E-state index contributed by atoms with van der Waals surface area (Å²) in [7, 11) is 0. The molecule has 5 heteroatoms. The van der Waals surface area contributed by atoms with Gasteiger partial charge >= 0.3 is 6.18 Å². The molecule has 0 aliphatic carbocycles. The van der Waals surface area contributed by atoms with Crippen molar-refractivity contribution in [2.45, 2.75) is 18.8 Å². The predicted molar refractivity (Wildman–Crippen MR) is 54.8 cm³/mol. The molecule has 1 N–H and O–H groups in total. The lowest BCUT2D eigenvalue weighted by molar-refractivity contribution is -0.155. The summed E-state index contributed by atoms with van der Waals surface area (Å²) in [5.41, 5.74) is 1.11. The second-order valence-electron chi connectivity index (χ2n) is 3.20. The Morgan fingerprint density at radius 2 is 2.07 bits per heavy atom. The van der Waals surface area contributed by atoms with Crippen molar-refractivity contribution in [3.63, 3.8) is 0 Å². The molecule has 0 radical (unpaired) electrons. The third-order valence-electron chi connectivity index (χ3n) is 2.24. The zero-order valence-electron chi connectivity index (χ0n) is 7.03. The van der Waals surface area contributed by atoms with E-state index in [0.717, 1.165) is 9.13 Å². The molecule has 0 unspecified atom stereocenters. The van der Waals surface area contributed by atoms with Crippen molar-refractivity contribution >= 4 is 22.6 Å². The van der Waals surface area contributed by atoms with Gasteiger partial charge in [-0.05, 0) is 45.9 Å². The van der Waals surface area contributed by atoms with Crippen LogP contribution in [0.1, 0.15) is 17.2 Å². The Labute approximate surface area is 92.8 Å². The Morgan fingerprint density at radius 1 is 1.36 bits per heavy atom. The summed E-state index contributed by atoms with van der Waals surface area (Å²) in [6.07, 6.45) is -4.20. The zero-order chi connectivity index (χ0) is 10.3. The van der Waals surface area contributed by atoms with Gasteiger partial charge in [-0.2, -0.15) is 13.2 Å². The fourth-order valence-corrected chi connectivity index (χ4v) is 2.12. The fraction of sp³-hybridized carbons (Fsp3) is 0.333. The Bertz CT molecular complexity index is 362. The van der Waals surface area contributed by atoms with Crippen molar-refractivity contribution in [3.05, 3.63) is 32.9 Å². The van der Waals surface area contributed by atoms with Gasteiger partial charge in [-0.25, -0.2) is 0 Å². The van der Waals surface area contributed by atoms with Crippen LogP contribution >= 0.6 is 22.6 Å². The van der Waals surface area contributed by atoms with Gasteiger partial charge in [0.15, 0.2) is 0 Å². The molecule has 0 saturated carbocycles. The van der Waals surface area contributed by atoms with E-state index in [9.17, 15) is 13.2 Å². The highest BCUT2D eigenvalue weighted by Crippen LogP contribution is 2.38. The van der Waals surface area contributed by atoms with Gasteiger partial charge in [-0.1, -0.05) is 6.07 Å². The van der Waals surface area contributed by atoms with Gasteiger partial charge in [0.2, 0.25) is 0 Å². The van der Waals surface area contributed by atoms with Crippen LogP contribution in [-0.4, -0.2) is 6.18 Å². The molecule has 1 nitrogen and oxygen atoms in total. The molecule has 0 bridgehead atoms. The molecule has 1 aliphatic rings. The first-order valence-corrected chi connectivity index (χ1v) is 5.15. The quantitative estimate of drug-likeness (QED) is 0.726. The SMILES string of the molecule is FC(F)(F)[C@H]1NCc2ccc(I)cc21. The maximum atomic E-state index is 12.5. The number of fused-ring (bicyclic) bond motifs is 1. The van der Waals surface area contributed by atoms with E-state index in [1.165, 1.54) is 0 Å². The van der Waals surface area contributed by atoms with Crippen molar-refractivity contribution < 1.29 is 13.2 Å². The molecule has 0 spiro atoms. The summed E-state index contributed by atoms with van der Waals surface area (Å²) in [6, 6.07) is 3.66. The Kier molecular flexibility index (Phi) is 2.46. The number of benzene rings is 1. The zero-order valence-corrected chi connectivity index (χ0v) is 9.19. The Morgan fingerprint density at radius 3 is 2.71 bits per heavy atom. The van der Waals surface area contributed by atoms with Gasteiger partial charge in [-0.3, -0.25) is 5.32 Å². The second kappa shape index (κ2) is 3.37. The minimum absolute atomic E-state index is 0.302. The van der Waals surface area contributed by atoms with E-state index in [4.69, 9.17) is 0 Å². The van der Waals surface area contributed by atoms with Gasteiger partial charge < -0.3 is 0 Å². The van der Waals surface area contributed by atoms with Crippen molar-refractivity contribution in [1.82, 2.24) is 5.32 Å². The molecule has 0 saturated heterocycles. The van der Waals surface area contributed by atoms with E-state index in [2.05, 4.69) is 5.32 Å². The third-order valence-corrected chi connectivity index (χ3v) is 2.91. The summed E-state index contributed by atoms with van der Waals surface area (Å²) in [5, 5.41) is 2.46. The number of halogens is 4. The van der Waals surface area contributed by atoms with E-state index < -0.39 is 12.2 Å². The first kappa shape index (κ1) is 10.2. The van der Waals surface area contributed by atoms with Crippen molar-refractivity contribution in [3.8, 4) is 0 Å². The van der Waals surface area contributed by atoms with Crippen LogP contribution < -0.4 is 5.32 Å². The number of hydrogen-bond donors (Lipinski definition) is 1. The molecule has 1 aliphatic heterocycles. The van der Waals surface area contributed by atoms with Crippen molar-refractivity contribution in [2.24, 2.45) is 0 Å². The van der Waals surface area contributed by atoms with Crippen LogP contribution in [0.25, 0.3) is 0 Å². The highest BCUT2D eigenvalue weighted by molar-refractivity contribution is 14.1. The summed E-state index contributed by atoms with van der Waals surface area (Å²) >= 11 is 2.02.